The maximum Gasteiger partial charge on any atom is 0.326 e. The van der Waals surface area contributed by atoms with Crippen LogP contribution in [-0.4, -0.2) is 77.1 Å². The van der Waals surface area contributed by atoms with Gasteiger partial charge in [-0.25, -0.2) is 4.79 Å². The van der Waals surface area contributed by atoms with Gasteiger partial charge in [0.1, 0.15) is 6.04 Å². The van der Waals surface area contributed by atoms with Gasteiger partial charge in [0.25, 0.3) is 5.91 Å². The molecule has 0 aliphatic carbocycles. The molecule has 0 spiro atoms. The smallest absolute Gasteiger partial charge is 0.326 e. The summed E-state index contributed by atoms with van der Waals surface area (Å²) >= 11 is 1.58. The number of nitrogens with one attached hydrogen (secondary N) is 1. The number of carbonyl (C=O) groups excluding carboxylic acids is 1. The van der Waals surface area contributed by atoms with E-state index in [1.54, 1.807) is 11.8 Å². The average molecular weight is 524 g/mol. The molecule has 2 aliphatic heterocycles. The number of carboxylic acid groups (broad SMARTS) is 1. The number of hydrogen-bond donors (Lipinski definition) is 2. The zero-order chi connectivity index (χ0) is 26.2. The molecule has 2 aromatic rings. The molecule has 2 atom stereocenters. The molecule has 6 nitrogen and oxygen atoms in total. The van der Waals surface area contributed by atoms with Gasteiger partial charge in [0.15, 0.2) is 0 Å². The second kappa shape index (κ2) is 13.4. The van der Waals surface area contributed by atoms with Crippen LogP contribution in [0.4, 0.5) is 0 Å². The van der Waals surface area contributed by atoms with E-state index in [1.807, 2.05) is 36.6 Å². The first-order chi connectivity index (χ1) is 18.0. The van der Waals surface area contributed by atoms with Gasteiger partial charge in [-0.1, -0.05) is 36.8 Å². The van der Waals surface area contributed by atoms with Gasteiger partial charge < -0.3 is 15.3 Å². The number of nitrogens with zero attached hydrogens (tertiary/aromatic N) is 2. The zero-order valence-electron chi connectivity index (χ0n) is 22.2. The molecule has 1 amide bonds. The van der Waals surface area contributed by atoms with E-state index in [9.17, 15) is 14.7 Å². The van der Waals surface area contributed by atoms with Crippen molar-refractivity contribution in [2.45, 2.75) is 64.1 Å². The molecule has 37 heavy (non-hydrogen) atoms. The Kier molecular flexibility index (Phi) is 10.1. The van der Waals surface area contributed by atoms with Crippen LogP contribution in [0.3, 0.4) is 0 Å². The first kappa shape index (κ1) is 27.7. The van der Waals surface area contributed by atoms with Crippen molar-refractivity contribution in [3.05, 3.63) is 59.2 Å². The van der Waals surface area contributed by atoms with E-state index in [1.165, 1.54) is 50.8 Å². The first-order valence-electron chi connectivity index (χ1n) is 13.6. The van der Waals surface area contributed by atoms with Crippen LogP contribution in [0.1, 0.15) is 60.0 Å². The van der Waals surface area contributed by atoms with Crippen molar-refractivity contribution in [1.29, 1.82) is 0 Å². The van der Waals surface area contributed by atoms with E-state index in [-0.39, 0.29) is 5.91 Å². The monoisotopic (exact) mass is 523 g/mol. The molecule has 0 aromatic heterocycles. The van der Waals surface area contributed by atoms with E-state index < -0.39 is 12.0 Å². The van der Waals surface area contributed by atoms with E-state index >= 15 is 0 Å². The molecule has 4 rings (SSSR count). The largest absolute Gasteiger partial charge is 0.480 e. The predicted octanol–water partition coefficient (Wildman–Crippen LogP) is 5.05. The van der Waals surface area contributed by atoms with Crippen LogP contribution in [0.2, 0.25) is 0 Å². The lowest BCUT2D eigenvalue weighted by Gasteiger charge is -2.33. The number of thioether (sulfide) groups is 1. The highest BCUT2D eigenvalue weighted by atomic mass is 32.2. The topological polar surface area (TPSA) is 72.9 Å². The van der Waals surface area contributed by atoms with Crippen molar-refractivity contribution >= 4 is 23.6 Å². The maximum atomic E-state index is 13.4. The molecule has 7 heteroatoms. The van der Waals surface area contributed by atoms with Crippen LogP contribution < -0.4 is 5.32 Å². The molecule has 2 saturated heterocycles. The molecule has 2 aliphatic rings. The lowest BCUT2D eigenvalue weighted by molar-refractivity contribution is -0.139. The Hall–Kier alpha value is -2.35. The summed E-state index contributed by atoms with van der Waals surface area (Å²) in [6.45, 7) is 7.62. The van der Waals surface area contributed by atoms with Gasteiger partial charge in [-0.2, -0.15) is 11.8 Å². The Labute approximate surface area is 225 Å². The van der Waals surface area contributed by atoms with Crippen LogP contribution in [0.5, 0.6) is 0 Å². The molecule has 2 unspecified atom stereocenters. The van der Waals surface area contributed by atoms with Crippen molar-refractivity contribution in [3.63, 3.8) is 0 Å². The number of aryl methyl sites for hydroxylation is 1. The van der Waals surface area contributed by atoms with Gasteiger partial charge in [-0.15, -0.1) is 0 Å². The molecule has 2 fully saturated rings. The molecule has 0 bridgehead atoms. The summed E-state index contributed by atoms with van der Waals surface area (Å²) in [5, 5.41) is 12.4. The molecule has 0 saturated carbocycles. The SMILES string of the molecule is CSCCC(NC(=O)c1ccc(CN2CCCC2CN2CCCCC2)cc1-c1ccccc1C)C(=O)O. The fourth-order valence-corrected chi connectivity index (χ4v) is 6.17. The third-order valence-corrected chi connectivity index (χ3v) is 8.42. The lowest BCUT2D eigenvalue weighted by Crippen LogP contribution is -2.42. The number of likely N-dealkylation sites (tertiary alicyclic amines) is 2. The highest BCUT2D eigenvalue weighted by Gasteiger charge is 2.28. The standard InChI is InChI=1S/C30H41N3O3S/c1-22-9-4-5-11-25(22)27-19-23(12-13-26(27)29(34)31-28(30(35)36)14-18-37-2)20-33-17-8-10-24(33)21-32-15-6-3-7-16-32/h4-5,9,11-13,19,24,28H,3,6-8,10,14-18,20-21H2,1-2H3,(H,31,34)(H,35,36). The van der Waals surface area contributed by atoms with Crippen LogP contribution >= 0.6 is 11.8 Å². The number of piperidine rings is 1. The summed E-state index contributed by atoms with van der Waals surface area (Å²) in [7, 11) is 0. The molecule has 2 N–H and O–H groups in total. The Balaban J connectivity index is 1.57. The second-order valence-electron chi connectivity index (χ2n) is 10.5. The quantitative estimate of drug-likeness (QED) is 0.430. The van der Waals surface area contributed by atoms with Crippen molar-refractivity contribution in [1.82, 2.24) is 15.1 Å². The maximum absolute atomic E-state index is 13.4. The van der Waals surface area contributed by atoms with Gasteiger partial charge in [-0.3, -0.25) is 9.69 Å². The van der Waals surface area contributed by atoms with Crippen LogP contribution in [0.15, 0.2) is 42.5 Å². The summed E-state index contributed by atoms with van der Waals surface area (Å²) in [5.41, 5.74) is 4.69. The number of carboxylic acids is 1. The summed E-state index contributed by atoms with van der Waals surface area (Å²) in [4.78, 5) is 30.4. The number of carbonyl (C=O) groups is 2. The van der Waals surface area contributed by atoms with Crippen molar-refractivity contribution in [2.24, 2.45) is 0 Å². The van der Waals surface area contributed by atoms with Crippen molar-refractivity contribution < 1.29 is 14.7 Å². The minimum Gasteiger partial charge on any atom is -0.480 e. The average Bonchev–Trinajstić information content (AvgIpc) is 3.33. The fourth-order valence-electron chi connectivity index (χ4n) is 5.70. The van der Waals surface area contributed by atoms with Crippen molar-refractivity contribution in [2.75, 3.05) is 38.2 Å². The van der Waals surface area contributed by atoms with Crippen molar-refractivity contribution in [3.8, 4) is 11.1 Å². The third kappa shape index (κ3) is 7.37. The molecule has 0 radical (unpaired) electrons. The Bertz CT molecular complexity index is 1070. The first-order valence-corrected chi connectivity index (χ1v) is 15.0. The fraction of sp³-hybridized carbons (Fsp3) is 0.533. The molecule has 2 aromatic carbocycles. The minimum absolute atomic E-state index is 0.331. The number of hydrogen-bond acceptors (Lipinski definition) is 5. The molecule has 2 heterocycles. The van der Waals surface area contributed by atoms with Crippen LogP contribution in [0.25, 0.3) is 11.1 Å². The second-order valence-corrected chi connectivity index (χ2v) is 11.5. The normalized spacial score (nSPS) is 19.6. The zero-order valence-corrected chi connectivity index (χ0v) is 23.1. The Morgan fingerprint density at radius 3 is 2.57 bits per heavy atom. The number of amides is 1. The summed E-state index contributed by atoms with van der Waals surface area (Å²) in [6, 6.07) is 13.8. The van der Waals surface area contributed by atoms with Crippen LogP contribution in [0, 0.1) is 6.92 Å². The predicted molar refractivity (Wildman–Crippen MR) is 152 cm³/mol. The molecular formula is C30H41N3O3S. The van der Waals surface area contributed by atoms with Gasteiger partial charge >= 0.3 is 5.97 Å². The highest BCUT2D eigenvalue weighted by Crippen LogP contribution is 2.30. The Morgan fingerprint density at radius 1 is 1.05 bits per heavy atom. The lowest BCUT2D eigenvalue weighted by atomic mass is 9.93. The van der Waals surface area contributed by atoms with E-state index in [0.29, 0.717) is 23.8 Å². The van der Waals surface area contributed by atoms with Gasteiger partial charge in [0.2, 0.25) is 0 Å². The highest BCUT2D eigenvalue weighted by molar-refractivity contribution is 7.98. The van der Waals surface area contributed by atoms with Gasteiger partial charge in [0, 0.05) is 24.7 Å². The molecule has 200 valence electrons. The summed E-state index contributed by atoms with van der Waals surface area (Å²) in [5.74, 6) is -0.650. The summed E-state index contributed by atoms with van der Waals surface area (Å²) in [6.07, 6.45) is 8.80. The summed E-state index contributed by atoms with van der Waals surface area (Å²) < 4.78 is 0. The van der Waals surface area contributed by atoms with E-state index in [0.717, 1.165) is 36.3 Å². The van der Waals surface area contributed by atoms with Gasteiger partial charge in [-0.05, 0) is 105 Å². The molecular weight excluding hydrogens is 482 g/mol. The van der Waals surface area contributed by atoms with E-state index in [2.05, 4.69) is 34.2 Å². The van der Waals surface area contributed by atoms with Crippen LogP contribution in [-0.2, 0) is 11.3 Å². The minimum atomic E-state index is -0.995. The number of rotatable bonds is 11. The number of aliphatic carboxylic acids is 1. The third-order valence-electron chi connectivity index (χ3n) is 7.78. The van der Waals surface area contributed by atoms with Gasteiger partial charge in [0.05, 0.1) is 0 Å². The van der Waals surface area contributed by atoms with E-state index in [4.69, 9.17) is 0 Å². The number of benzene rings is 2. The Morgan fingerprint density at radius 2 is 1.84 bits per heavy atom.